The SMILES string of the molecule is CC(C)(C)[C@H](N)c1ccc(Cl)c(Cl)c1. The van der Waals surface area contributed by atoms with E-state index in [4.69, 9.17) is 28.9 Å². The molecule has 2 N–H and O–H groups in total. The highest BCUT2D eigenvalue weighted by Gasteiger charge is 2.22. The van der Waals surface area contributed by atoms with E-state index in [0.29, 0.717) is 10.0 Å². The fourth-order valence-corrected chi connectivity index (χ4v) is 1.51. The summed E-state index contributed by atoms with van der Waals surface area (Å²) >= 11 is 11.7. The maximum atomic E-state index is 6.09. The first-order chi connectivity index (χ1) is 6.32. The van der Waals surface area contributed by atoms with Gasteiger partial charge >= 0.3 is 0 Å². The highest BCUT2D eigenvalue weighted by molar-refractivity contribution is 6.42. The number of halogens is 2. The van der Waals surface area contributed by atoms with E-state index in [0.717, 1.165) is 5.56 Å². The van der Waals surface area contributed by atoms with Crippen molar-refractivity contribution in [3.05, 3.63) is 33.8 Å². The first-order valence-electron chi connectivity index (χ1n) is 4.53. The number of hydrogen-bond donors (Lipinski definition) is 1. The normalized spacial score (nSPS) is 14.1. The molecule has 14 heavy (non-hydrogen) atoms. The van der Waals surface area contributed by atoms with Gasteiger partial charge in [0.05, 0.1) is 10.0 Å². The van der Waals surface area contributed by atoms with Gasteiger partial charge in [0.2, 0.25) is 0 Å². The van der Waals surface area contributed by atoms with E-state index in [1.54, 1.807) is 6.07 Å². The van der Waals surface area contributed by atoms with Gasteiger partial charge in [0.15, 0.2) is 0 Å². The molecule has 0 saturated heterocycles. The van der Waals surface area contributed by atoms with E-state index < -0.39 is 0 Å². The molecule has 0 radical (unpaired) electrons. The van der Waals surface area contributed by atoms with E-state index in [2.05, 4.69) is 20.8 Å². The van der Waals surface area contributed by atoms with Gasteiger partial charge in [-0.3, -0.25) is 0 Å². The number of hydrogen-bond acceptors (Lipinski definition) is 1. The van der Waals surface area contributed by atoms with Crippen molar-refractivity contribution in [1.29, 1.82) is 0 Å². The molecule has 3 heteroatoms. The summed E-state index contributed by atoms with van der Waals surface area (Å²) < 4.78 is 0. The van der Waals surface area contributed by atoms with Gasteiger partial charge in [-0.25, -0.2) is 0 Å². The predicted octanol–water partition coefficient (Wildman–Crippen LogP) is 4.04. The van der Waals surface area contributed by atoms with Crippen molar-refractivity contribution in [2.24, 2.45) is 11.1 Å². The molecule has 1 aromatic rings. The molecule has 0 amide bonds. The van der Waals surface area contributed by atoms with Gasteiger partial charge < -0.3 is 5.73 Å². The van der Waals surface area contributed by atoms with Crippen LogP contribution in [0.2, 0.25) is 10.0 Å². The van der Waals surface area contributed by atoms with E-state index in [1.807, 2.05) is 12.1 Å². The van der Waals surface area contributed by atoms with Crippen LogP contribution < -0.4 is 5.73 Å². The van der Waals surface area contributed by atoms with E-state index in [9.17, 15) is 0 Å². The van der Waals surface area contributed by atoms with Crippen LogP contribution in [0.5, 0.6) is 0 Å². The maximum absolute atomic E-state index is 6.09. The number of rotatable bonds is 1. The summed E-state index contributed by atoms with van der Waals surface area (Å²) in [6, 6.07) is 5.51. The van der Waals surface area contributed by atoms with Crippen LogP contribution in [0.25, 0.3) is 0 Å². The van der Waals surface area contributed by atoms with Gasteiger partial charge in [0.1, 0.15) is 0 Å². The highest BCUT2D eigenvalue weighted by atomic mass is 35.5. The molecule has 1 nitrogen and oxygen atoms in total. The first-order valence-corrected chi connectivity index (χ1v) is 5.28. The standard InChI is InChI=1S/C11H15Cl2N/c1-11(2,3)10(14)7-4-5-8(12)9(13)6-7/h4-6,10H,14H2,1-3H3/t10-/m1/s1. The summed E-state index contributed by atoms with van der Waals surface area (Å²) in [7, 11) is 0. The summed E-state index contributed by atoms with van der Waals surface area (Å²) in [5.41, 5.74) is 7.13. The van der Waals surface area contributed by atoms with Gasteiger partial charge in [-0.1, -0.05) is 50.0 Å². The average Bonchev–Trinajstić information content (AvgIpc) is 2.07. The van der Waals surface area contributed by atoms with Crippen LogP contribution >= 0.6 is 23.2 Å². The van der Waals surface area contributed by atoms with Crippen molar-refractivity contribution in [3.63, 3.8) is 0 Å². The third kappa shape index (κ3) is 2.63. The first kappa shape index (κ1) is 11.8. The topological polar surface area (TPSA) is 26.0 Å². The van der Waals surface area contributed by atoms with Crippen molar-refractivity contribution in [3.8, 4) is 0 Å². The van der Waals surface area contributed by atoms with Crippen LogP contribution in [0.1, 0.15) is 32.4 Å². The monoisotopic (exact) mass is 231 g/mol. The van der Waals surface area contributed by atoms with Crippen molar-refractivity contribution in [1.82, 2.24) is 0 Å². The zero-order chi connectivity index (χ0) is 10.9. The van der Waals surface area contributed by atoms with Crippen LogP contribution in [-0.2, 0) is 0 Å². The van der Waals surface area contributed by atoms with Crippen LogP contribution in [0.3, 0.4) is 0 Å². The molecule has 0 aliphatic carbocycles. The molecule has 1 atom stereocenters. The smallest absolute Gasteiger partial charge is 0.0595 e. The summed E-state index contributed by atoms with van der Waals surface area (Å²) in [5, 5.41) is 1.13. The number of nitrogens with two attached hydrogens (primary N) is 1. The third-order valence-corrected chi connectivity index (χ3v) is 2.97. The van der Waals surface area contributed by atoms with Crippen molar-refractivity contribution < 1.29 is 0 Å². The lowest BCUT2D eigenvalue weighted by Crippen LogP contribution is -2.26. The minimum Gasteiger partial charge on any atom is -0.324 e. The maximum Gasteiger partial charge on any atom is 0.0595 e. The molecule has 0 saturated carbocycles. The lowest BCUT2D eigenvalue weighted by molar-refractivity contribution is 0.327. The largest absolute Gasteiger partial charge is 0.324 e. The highest BCUT2D eigenvalue weighted by Crippen LogP contribution is 2.33. The second-order valence-electron chi connectivity index (χ2n) is 4.52. The summed E-state index contributed by atoms with van der Waals surface area (Å²) in [6.07, 6.45) is 0. The Labute approximate surface area is 95.2 Å². The zero-order valence-electron chi connectivity index (χ0n) is 8.64. The van der Waals surface area contributed by atoms with Crippen LogP contribution in [0.15, 0.2) is 18.2 Å². The summed E-state index contributed by atoms with van der Waals surface area (Å²) in [4.78, 5) is 0. The Kier molecular flexibility index (Phi) is 3.46. The molecule has 1 rings (SSSR count). The molecule has 0 fully saturated rings. The molecule has 0 aliphatic rings. The lowest BCUT2D eigenvalue weighted by Gasteiger charge is -2.27. The van der Waals surface area contributed by atoms with Crippen LogP contribution in [0.4, 0.5) is 0 Å². The average molecular weight is 232 g/mol. The Morgan fingerprint density at radius 3 is 2.14 bits per heavy atom. The molecule has 0 bridgehead atoms. The Balaban J connectivity index is 3.03. The van der Waals surface area contributed by atoms with Gasteiger partial charge in [0.25, 0.3) is 0 Å². The Morgan fingerprint density at radius 1 is 1.14 bits per heavy atom. The Bertz CT molecular complexity index is 329. The Morgan fingerprint density at radius 2 is 1.71 bits per heavy atom. The van der Waals surface area contributed by atoms with Gasteiger partial charge in [-0.2, -0.15) is 0 Å². The molecule has 0 heterocycles. The van der Waals surface area contributed by atoms with Gasteiger partial charge in [-0.15, -0.1) is 0 Å². The fraction of sp³-hybridized carbons (Fsp3) is 0.455. The molecule has 0 unspecified atom stereocenters. The molecule has 0 aliphatic heterocycles. The molecule has 1 aromatic carbocycles. The van der Waals surface area contributed by atoms with E-state index >= 15 is 0 Å². The van der Waals surface area contributed by atoms with Gasteiger partial charge in [0, 0.05) is 6.04 Å². The molecule has 0 aromatic heterocycles. The van der Waals surface area contributed by atoms with Crippen LogP contribution in [0, 0.1) is 5.41 Å². The van der Waals surface area contributed by atoms with Crippen molar-refractivity contribution in [2.45, 2.75) is 26.8 Å². The molecule has 78 valence electrons. The molecular formula is C11H15Cl2N. The lowest BCUT2D eigenvalue weighted by atomic mass is 9.83. The quantitative estimate of drug-likeness (QED) is 0.776. The number of benzene rings is 1. The van der Waals surface area contributed by atoms with Gasteiger partial charge in [-0.05, 0) is 23.1 Å². The van der Waals surface area contributed by atoms with Crippen molar-refractivity contribution >= 4 is 23.2 Å². The van der Waals surface area contributed by atoms with Crippen LogP contribution in [-0.4, -0.2) is 0 Å². The minimum atomic E-state index is -0.0303. The predicted molar refractivity (Wildman–Crippen MR) is 62.8 cm³/mol. The van der Waals surface area contributed by atoms with E-state index in [1.165, 1.54) is 0 Å². The third-order valence-electron chi connectivity index (χ3n) is 2.24. The second kappa shape index (κ2) is 4.09. The molecular weight excluding hydrogens is 217 g/mol. The van der Waals surface area contributed by atoms with E-state index in [-0.39, 0.29) is 11.5 Å². The summed E-state index contributed by atoms with van der Waals surface area (Å²) in [6.45, 7) is 6.29. The molecule has 0 spiro atoms. The Hall–Kier alpha value is -0.240. The zero-order valence-corrected chi connectivity index (χ0v) is 10.2. The van der Waals surface area contributed by atoms with Crippen molar-refractivity contribution in [2.75, 3.05) is 0 Å². The second-order valence-corrected chi connectivity index (χ2v) is 5.33. The minimum absolute atomic E-state index is 0.0250. The fourth-order valence-electron chi connectivity index (χ4n) is 1.21. The summed E-state index contributed by atoms with van der Waals surface area (Å²) in [5.74, 6) is 0.